The van der Waals surface area contributed by atoms with E-state index in [1.807, 2.05) is 0 Å². The number of nitrogens with one attached hydrogen (secondary N) is 1. The molecular formula is C19H24N4OS. The van der Waals surface area contributed by atoms with Gasteiger partial charge in [0.05, 0.1) is 18.8 Å². The molecule has 1 N–H and O–H groups in total. The van der Waals surface area contributed by atoms with Crippen molar-refractivity contribution in [2.45, 2.75) is 37.0 Å². The number of aryl methyl sites for hydroxylation is 1. The lowest BCUT2D eigenvalue weighted by molar-refractivity contribution is -0.122. The molecule has 0 unspecified atom stereocenters. The molecule has 1 aromatic carbocycles. The van der Waals surface area contributed by atoms with Gasteiger partial charge in [0.2, 0.25) is 5.91 Å². The van der Waals surface area contributed by atoms with E-state index in [-0.39, 0.29) is 5.91 Å². The number of fused-ring (bicyclic) bond motifs is 1. The molecule has 5 nitrogen and oxygen atoms in total. The molecule has 25 heavy (non-hydrogen) atoms. The standard InChI is InChI=1S/C19H24N4OS/c24-18(20-12-17-13-23-10-11-25-19(23)21-17)14-22-8-6-16(7-9-22)15-4-2-1-3-5-15/h1-5,13,16H,6-12,14H2,(H,20,24). The fourth-order valence-corrected chi connectivity index (χ4v) is 4.61. The summed E-state index contributed by atoms with van der Waals surface area (Å²) in [4.78, 5) is 19.0. The quantitative estimate of drug-likeness (QED) is 0.894. The first-order chi connectivity index (χ1) is 12.3. The highest BCUT2D eigenvalue weighted by atomic mass is 32.2. The van der Waals surface area contributed by atoms with Gasteiger partial charge in [0, 0.05) is 18.5 Å². The van der Waals surface area contributed by atoms with Crippen molar-refractivity contribution in [3.05, 3.63) is 47.8 Å². The SMILES string of the molecule is O=C(CN1CCC(c2ccccc2)CC1)NCc1cn2c(n1)SCC2. The molecule has 1 amide bonds. The summed E-state index contributed by atoms with van der Waals surface area (Å²) in [5.74, 6) is 1.83. The van der Waals surface area contributed by atoms with Crippen LogP contribution < -0.4 is 5.32 Å². The summed E-state index contributed by atoms with van der Waals surface area (Å²) >= 11 is 1.78. The minimum absolute atomic E-state index is 0.0963. The fourth-order valence-electron chi connectivity index (χ4n) is 3.64. The Kier molecular flexibility index (Phi) is 5.08. The summed E-state index contributed by atoms with van der Waals surface area (Å²) in [5.41, 5.74) is 2.38. The zero-order valence-electron chi connectivity index (χ0n) is 14.4. The Bertz CT molecular complexity index is 701. The van der Waals surface area contributed by atoms with E-state index in [1.165, 1.54) is 5.56 Å². The van der Waals surface area contributed by atoms with Gasteiger partial charge in [-0.05, 0) is 37.4 Å². The van der Waals surface area contributed by atoms with Crippen LogP contribution in [0.5, 0.6) is 0 Å². The van der Waals surface area contributed by atoms with Gasteiger partial charge in [0.15, 0.2) is 5.16 Å². The lowest BCUT2D eigenvalue weighted by atomic mass is 9.89. The van der Waals surface area contributed by atoms with Gasteiger partial charge in [-0.3, -0.25) is 9.69 Å². The molecule has 0 aliphatic carbocycles. The number of rotatable bonds is 5. The largest absolute Gasteiger partial charge is 0.349 e. The predicted octanol–water partition coefficient (Wildman–Crippen LogP) is 2.48. The van der Waals surface area contributed by atoms with E-state index in [0.29, 0.717) is 19.0 Å². The maximum absolute atomic E-state index is 12.2. The molecule has 6 heteroatoms. The van der Waals surface area contributed by atoms with Crippen LogP contribution in [0.4, 0.5) is 0 Å². The van der Waals surface area contributed by atoms with Crippen LogP contribution in [0, 0.1) is 0 Å². The summed E-state index contributed by atoms with van der Waals surface area (Å²) in [7, 11) is 0. The maximum Gasteiger partial charge on any atom is 0.234 e. The number of carbonyl (C=O) groups is 1. The van der Waals surface area contributed by atoms with Crippen LogP contribution >= 0.6 is 11.8 Å². The number of amides is 1. The van der Waals surface area contributed by atoms with Gasteiger partial charge in [-0.1, -0.05) is 42.1 Å². The maximum atomic E-state index is 12.2. The van der Waals surface area contributed by atoms with E-state index in [9.17, 15) is 4.79 Å². The Balaban J connectivity index is 1.21. The second-order valence-electron chi connectivity index (χ2n) is 6.79. The van der Waals surface area contributed by atoms with Crippen LogP contribution in [0.3, 0.4) is 0 Å². The van der Waals surface area contributed by atoms with Crippen molar-refractivity contribution in [3.8, 4) is 0 Å². The van der Waals surface area contributed by atoms with Crippen LogP contribution in [0.1, 0.15) is 30.0 Å². The van der Waals surface area contributed by atoms with Gasteiger partial charge in [0.1, 0.15) is 0 Å². The molecule has 4 rings (SSSR count). The Morgan fingerprint density at radius 3 is 2.76 bits per heavy atom. The van der Waals surface area contributed by atoms with Crippen molar-refractivity contribution in [2.75, 3.05) is 25.4 Å². The Morgan fingerprint density at radius 2 is 2.00 bits per heavy atom. The molecule has 2 aliphatic heterocycles. The Hall–Kier alpha value is -1.79. The molecule has 132 valence electrons. The number of likely N-dealkylation sites (tertiary alicyclic amines) is 1. The highest BCUT2D eigenvalue weighted by Gasteiger charge is 2.22. The summed E-state index contributed by atoms with van der Waals surface area (Å²) in [6.45, 7) is 4.02. The number of piperidine rings is 1. The fraction of sp³-hybridized carbons (Fsp3) is 0.474. The van der Waals surface area contributed by atoms with Crippen molar-refractivity contribution < 1.29 is 4.79 Å². The van der Waals surface area contributed by atoms with Crippen LogP contribution in [-0.4, -0.2) is 45.7 Å². The third-order valence-corrected chi connectivity index (χ3v) is 6.02. The molecule has 2 aliphatic rings. The zero-order chi connectivity index (χ0) is 17.1. The van der Waals surface area contributed by atoms with Crippen LogP contribution in [-0.2, 0) is 17.9 Å². The monoisotopic (exact) mass is 356 g/mol. The molecule has 2 aromatic rings. The zero-order valence-corrected chi connectivity index (χ0v) is 15.2. The van der Waals surface area contributed by atoms with E-state index >= 15 is 0 Å². The molecule has 3 heterocycles. The number of aromatic nitrogens is 2. The Morgan fingerprint density at radius 1 is 1.20 bits per heavy atom. The van der Waals surface area contributed by atoms with Gasteiger partial charge in [-0.25, -0.2) is 4.98 Å². The first-order valence-corrected chi connectivity index (χ1v) is 9.99. The van der Waals surface area contributed by atoms with Crippen molar-refractivity contribution in [1.29, 1.82) is 0 Å². The van der Waals surface area contributed by atoms with Gasteiger partial charge in [-0.15, -0.1) is 0 Å². The first-order valence-electron chi connectivity index (χ1n) is 9.01. The number of hydrogen-bond donors (Lipinski definition) is 1. The number of benzene rings is 1. The summed E-state index contributed by atoms with van der Waals surface area (Å²) in [6, 6.07) is 10.7. The predicted molar refractivity (Wildman–Crippen MR) is 99.7 cm³/mol. The van der Waals surface area contributed by atoms with Crippen LogP contribution in [0.25, 0.3) is 0 Å². The van der Waals surface area contributed by atoms with Gasteiger partial charge < -0.3 is 9.88 Å². The number of hydrogen-bond acceptors (Lipinski definition) is 4. The molecule has 1 saturated heterocycles. The van der Waals surface area contributed by atoms with Crippen LogP contribution in [0.2, 0.25) is 0 Å². The van der Waals surface area contributed by atoms with Crippen molar-refractivity contribution >= 4 is 17.7 Å². The summed E-state index contributed by atoms with van der Waals surface area (Å²) in [5, 5.41) is 4.09. The van der Waals surface area contributed by atoms with E-state index in [1.54, 1.807) is 11.8 Å². The van der Waals surface area contributed by atoms with E-state index in [4.69, 9.17) is 0 Å². The Labute approximate surface area is 152 Å². The second-order valence-corrected chi connectivity index (χ2v) is 7.86. The summed E-state index contributed by atoms with van der Waals surface area (Å²) in [6.07, 6.45) is 4.31. The molecule has 1 fully saturated rings. The first kappa shape index (κ1) is 16.7. The lowest BCUT2D eigenvalue weighted by Gasteiger charge is -2.31. The van der Waals surface area contributed by atoms with Crippen molar-refractivity contribution in [1.82, 2.24) is 19.8 Å². The third kappa shape index (κ3) is 4.07. The number of carbonyl (C=O) groups excluding carboxylic acids is 1. The minimum Gasteiger partial charge on any atom is -0.349 e. The average molecular weight is 356 g/mol. The van der Waals surface area contributed by atoms with Gasteiger partial charge in [-0.2, -0.15) is 0 Å². The van der Waals surface area contributed by atoms with E-state index < -0.39 is 0 Å². The third-order valence-electron chi connectivity index (χ3n) is 5.05. The number of thioether (sulfide) groups is 1. The highest BCUT2D eigenvalue weighted by molar-refractivity contribution is 7.99. The number of nitrogens with zero attached hydrogens (tertiary/aromatic N) is 3. The molecule has 0 radical (unpaired) electrons. The van der Waals surface area contributed by atoms with Gasteiger partial charge >= 0.3 is 0 Å². The van der Waals surface area contributed by atoms with Crippen LogP contribution in [0.15, 0.2) is 41.7 Å². The van der Waals surface area contributed by atoms with Gasteiger partial charge in [0.25, 0.3) is 0 Å². The summed E-state index contributed by atoms with van der Waals surface area (Å²) < 4.78 is 2.17. The molecule has 0 bridgehead atoms. The molecule has 0 atom stereocenters. The topological polar surface area (TPSA) is 50.2 Å². The number of imidazole rings is 1. The smallest absolute Gasteiger partial charge is 0.234 e. The average Bonchev–Trinajstić information content (AvgIpc) is 3.23. The minimum atomic E-state index is 0.0963. The lowest BCUT2D eigenvalue weighted by Crippen LogP contribution is -2.41. The second kappa shape index (κ2) is 7.62. The van der Waals surface area contributed by atoms with Crippen molar-refractivity contribution in [2.24, 2.45) is 0 Å². The van der Waals surface area contributed by atoms with Crippen molar-refractivity contribution in [3.63, 3.8) is 0 Å². The van der Waals surface area contributed by atoms with E-state index in [0.717, 1.165) is 49.1 Å². The molecule has 0 saturated carbocycles. The normalized spacial score (nSPS) is 18.2. The molecular weight excluding hydrogens is 332 g/mol. The molecule has 1 aromatic heterocycles. The van der Waals surface area contributed by atoms with E-state index in [2.05, 4.69) is 56.3 Å². The molecule has 0 spiro atoms. The highest BCUT2D eigenvalue weighted by Crippen LogP contribution is 2.27.